The lowest BCUT2D eigenvalue weighted by molar-refractivity contribution is 0.886. The Morgan fingerprint density at radius 3 is 1.88 bits per heavy atom. The van der Waals surface area contributed by atoms with Gasteiger partial charge in [-0.05, 0) is 16.9 Å². The molecule has 0 saturated carbocycles. The van der Waals surface area contributed by atoms with Crippen molar-refractivity contribution in [3.05, 3.63) is 34.7 Å². The second kappa shape index (κ2) is 14.0. The van der Waals surface area contributed by atoms with Crippen LogP contribution in [-0.4, -0.2) is 0 Å². The van der Waals surface area contributed by atoms with E-state index in [1.165, 1.54) is 18.1 Å². The third kappa shape index (κ3) is 9.51. The third-order valence-corrected chi connectivity index (χ3v) is 1.98. The van der Waals surface area contributed by atoms with E-state index in [0.717, 1.165) is 11.6 Å². The van der Waals surface area contributed by atoms with Gasteiger partial charge in [0.2, 0.25) is 0 Å². The van der Waals surface area contributed by atoms with Crippen LogP contribution in [0.1, 0.15) is 53.9 Å². The maximum Gasteiger partial charge on any atom is -0.0230 e. The van der Waals surface area contributed by atoms with E-state index in [2.05, 4.69) is 39.5 Å². The molecule has 1 aromatic rings. The van der Waals surface area contributed by atoms with E-state index < -0.39 is 0 Å². The maximum atomic E-state index is 3.91. The average Bonchev–Trinajstić information content (AvgIpc) is 2.35. The topological polar surface area (TPSA) is 0 Å². The number of benzene rings is 1. The van der Waals surface area contributed by atoms with Gasteiger partial charge in [-0.2, -0.15) is 0 Å². The van der Waals surface area contributed by atoms with Gasteiger partial charge in [-0.3, -0.25) is 0 Å². The largest absolute Gasteiger partial charge is 0.0912 e. The van der Waals surface area contributed by atoms with Crippen molar-refractivity contribution in [2.24, 2.45) is 0 Å². The maximum absolute atomic E-state index is 3.91. The first-order chi connectivity index (χ1) is 7.76. The number of hydrogen-bond acceptors (Lipinski definition) is 0. The molecule has 0 aliphatic heterocycles. The molecule has 0 saturated heterocycles. The van der Waals surface area contributed by atoms with E-state index in [1.54, 1.807) is 0 Å². The molecule has 0 heterocycles. The van der Waals surface area contributed by atoms with Gasteiger partial charge in [-0.25, -0.2) is 0 Å². The van der Waals surface area contributed by atoms with E-state index >= 15 is 0 Å². The van der Waals surface area contributed by atoms with Gasteiger partial charge in [0.1, 0.15) is 0 Å². The van der Waals surface area contributed by atoms with Crippen LogP contribution in [0, 0.1) is 0 Å². The SMILES string of the molecule is C=c1cccc/c1=C/CC.CC.CCCC. The summed E-state index contributed by atoms with van der Waals surface area (Å²) < 4.78 is 0. The Hall–Kier alpha value is -1.04. The van der Waals surface area contributed by atoms with Crippen LogP contribution in [0.2, 0.25) is 0 Å². The Balaban J connectivity index is 0. The normalized spacial score (nSPS) is 9.69. The highest BCUT2D eigenvalue weighted by atomic mass is 13.8. The summed E-state index contributed by atoms with van der Waals surface area (Å²) in [6, 6.07) is 8.17. The molecule has 0 aliphatic carbocycles. The van der Waals surface area contributed by atoms with Gasteiger partial charge >= 0.3 is 0 Å². The van der Waals surface area contributed by atoms with Gasteiger partial charge in [0.05, 0.1) is 0 Å². The second-order valence-corrected chi connectivity index (χ2v) is 3.31. The molecule has 0 spiro atoms. The highest BCUT2D eigenvalue weighted by Gasteiger charge is 1.76. The number of hydrogen-bond donors (Lipinski definition) is 0. The first-order valence-corrected chi connectivity index (χ1v) is 6.50. The molecule has 0 heteroatoms. The summed E-state index contributed by atoms with van der Waals surface area (Å²) in [7, 11) is 0. The van der Waals surface area contributed by atoms with Crippen LogP contribution in [-0.2, 0) is 0 Å². The van der Waals surface area contributed by atoms with Gasteiger partial charge in [0.15, 0.2) is 0 Å². The highest BCUT2D eigenvalue weighted by molar-refractivity contribution is 5.25. The zero-order valence-electron chi connectivity index (χ0n) is 11.7. The standard InChI is InChI=1S/C10H12.C4H10.C2H6/c1-3-6-10-8-5-4-7-9(10)2;1-3-4-2;1-2/h4-8H,2-3H2,1H3;3-4H2,1-2H3;1-2H3/b10-6-;;. The second-order valence-electron chi connectivity index (χ2n) is 3.31. The van der Waals surface area contributed by atoms with Crippen molar-refractivity contribution in [1.82, 2.24) is 0 Å². The Kier molecular flexibility index (Phi) is 15.1. The van der Waals surface area contributed by atoms with Crippen LogP contribution in [0.25, 0.3) is 12.7 Å². The van der Waals surface area contributed by atoms with Crippen molar-refractivity contribution in [3.8, 4) is 0 Å². The monoisotopic (exact) mass is 220 g/mol. The van der Waals surface area contributed by atoms with Gasteiger partial charge < -0.3 is 0 Å². The van der Waals surface area contributed by atoms with Gasteiger partial charge in [-0.1, -0.05) is 84.4 Å². The number of rotatable bonds is 2. The van der Waals surface area contributed by atoms with Crippen LogP contribution >= 0.6 is 0 Å². The molecule has 0 aromatic heterocycles. The number of unbranched alkanes of at least 4 members (excludes halogenated alkanes) is 1. The predicted molar refractivity (Wildman–Crippen MR) is 77.9 cm³/mol. The van der Waals surface area contributed by atoms with Gasteiger partial charge in [-0.15, -0.1) is 0 Å². The summed E-state index contributed by atoms with van der Waals surface area (Å²) in [5.74, 6) is 0. The lowest BCUT2D eigenvalue weighted by Gasteiger charge is -1.85. The summed E-state index contributed by atoms with van der Waals surface area (Å²) in [4.78, 5) is 0. The van der Waals surface area contributed by atoms with E-state index in [1.807, 2.05) is 32.0 Å². The zero-order valence-corrected chi connectivity index (χ0v) is 11.7. The minimum atomic E-state index is 1.08. The van der Waals surface area contributed by atoms with E-state index in [4.69, 9.17) is 0 Å². The fraction of sp³-hybridized carbons (Fsp3) is 0.500. The van der Waals surface area contributed by atoms with Crippen molar-refractivity contribution in [1.29, 1.82) is 0 Å². The molecular formula is C16H28. The molecule has 0 N–H and O–H groups in total. The lowest BCUT2D eigenvalue weighted by Crippen LogP contribution is -2.21. The van der Waals surface area contributed by atoms with Crippen LogP contribution < -0.4 is 10.4 Å². The summed E-state index contributed by atoms with van der Waals surface area (Å²) in [5.41, 5.74) is 0. The van der Waals surface area contributed by atoms with Crippen molar-refractivity contribution < 1.29 is 0 Å². The average molecular weight is 220 g/mol. The van der Waals surface area contributed by atoms with Crippen LogP contribution in [0.3, 0.4) is 0 Å². The molecule has 0 aliphatic rings. The van der Waals surface area contributed by atoms with Crippen molar-refractivity contribution in [2.45, 2.75) is 53.9 Å². The molecule has 0 atom stereocenters. The first kappa shape index (κ1) is 17.4. The molecule has 0 bridgehead atoms. The van der Waals surface area contributed by atoms with Crippen LogP contribution in [0.15, 0.2) is 24.3 Å². The molecule has 1 rings (SSSR count). The Morgan fingerprint density at radius 1 is 1.00 bits per heavy atom. The molecule has 92 valence electrons. The van der Waals surface area contributed by atoms with Gasteiger partial charge in [0.25, 0.3) is 0 Å². The molecule has 0 fully saturated rings. The minimum absolute atomic E-state index is 1.08. The van der Waals surface area contributed by atoms with E-state index in [-0.39, 0.29) is 0 Å². The smallest absolute Gasteiger partial charge is 0.0230 e. The molecule has 0 unspecified atom stereocenters. The van der Waals surface area contributed by atoms with Gasteiger partial charge in [0, 0.05) is 0 Å². The van der Waals surface area contributed by atoms with Crippen molar-refractivity contribution in [3.63, 3.8) is 0 Å². The van der Waals surface area contributed by atoms with Crippen molar-refractivity contribution in [2.75, 3.05) is 0 Å². The molecule has 1 aromatic carbocycles. The first-order valence-electron chi connectivity index (χ1n) is 6.50. The molecular weight excluding hydrogens is 192 g/mol. The summed E-state index contributed by atoms with van der Waals surface area (Å²) in [5, 5.41) is 2.37. The summed E-state index contributed by atoms with van der Waals surface area (Å²) in [6.07, 6.45) is 5.90. The third-order valence-electron chi connectivity index (χ3n) is 1.98. The molecule has 0 nitrogen and oxygen atoms in total. The Bertz CT molecular complexity index is 320. The fourth-order valence-electron chi connectivity index (χ4n) is 0.953. The Labute approximate surface area is 102 Å². The highest BCUT2D eigenvalue weighted by Crippen LogP contribution is 1.77. The quantitative estimate of drug-likeness (QED) is 0.703. The van der Waals surface area contributed by atoms with Crippen LogP contribution in [0.5, 0.6) is 0 Å². The van der Waals surface area contributed by atoms with E-state index in [9.17, 15) is 0 Å². The molecule has 16 heavy (non-hydrogen) atoms. The predicted octanol–water partition coefficient (Wildman–Crippen LogP) is 4.12. The fourth-order valence-corrected chi connectivity index (χ4v) is 0.953. The molecule has 0 amide bonds. The minimum Gasteiger partial charge on any atom is -0.0912 e. The summed E-state index contributed by atoms with van der Waals surface area (Å²) in [6.45, 7) is 14.4. The Morgan fingerprint density at radius 2 is 1.50 bits per heavy atom. The van der Waals surface area contributed by atoms with Crippen LogP contribution in [0.4, 0.5) is 0 Å². The van der Waals surface area contributed by atoms with E-state index in [0.29, 0.717) is 0 Å². The zero-order chi connectivity index (χ0) is 12.8. The van der Waals surface area contributed by atoms with Crippen molar-refractivity contribution >= 4 is 12.7 Å². The summed E-state index contributed by atoms with van der Waals surface area (Å²) >= 11 is 0. The lowest BCUT2D eigenvalue weighted by atomic mass is 10.2. The molecule has 0 radical (unpaired) electrons.